The molecule has 0 amide bonds. The van der Waals surface area contributed by atoms with E-state index in [1.807, 2.05) is 0 Å². The predicted octanol–water partition coefficient (Wildman–Crippen LogP) is 4.20. The minimum atomic E-state index is -3.16. The van der Waals surface area contributed by atoms with Crippen molar-refractivity contribution in [3.05, 3.63) is 27.7 Å². The molecule has 0 aliphatic rings. The van der Waals surface area contributed by atoms with Gasteiger partial charge in [0.2, 0.25) is 0 Å². The summed E-state index contributed by atoms with van der Waals surface area (Å²) < 4.78 is 53.5. The molecule has 0 heterocycles. The molecule has 0 radical (unpaired) electrons. The molecule has 0 fully saturated rings. The minimum absolute atomic E-state index is 0. The molecule has 0 aromatic heterocycles. The van der Waals surface area contributed by atoms with Gasteiger partial charge in [-0.2, -0.15) is 0 Å². The Morgan fingerprint density at radius 1 is 1.45 bits per heavy atom. The van der Waals surface area contributed by atoms with Crippen LogP contribution in [-0.2, 0) is 0 Å². The van der Waals surface area contributed by atoms with Gasteiger partial charge in [-0.3, -0.25) is 0 Å². The Bertz CT molecular complexity index is 646. The second-order valence-electron chi connectivity index (χ2n) is 4.67. The topological polar surface area (TPSA) is 58.3 Å². The van der Waals surface area contributed by atoms with Crippen molar-refractivity contribution in [3.63, 3.8) is 0 Å². The second-order valence-corrected chi connectivity index (χ2v) is 5.48. The Morgan fingerprint density at radius 2 is 2.00 bits per heavy atom. The number of aliphatic hydroxyl groups is 1. The molecule has 3 nitrogen and oxygen atoms in total. The number of hydrogen-bond donors (Lipinski definition) is 3. The maximum absolute atomic E-state index is 10.3. The molecule has 0 saturated heterocycles. The largest absolute Gasteiger partial charge is 0.396 e. The Hall–Kier alpha value is -0.190. The number of rotatable bonds is 6. The van der Waals surface area contributed by atoms with Crippen LogP contribution in [0.25, 0.3) is 0 Å². The molecule has 1 rings (SSSR count). The highest BCUT2D eigenvalue weighted by molar-refractivity contribution is 6.38. The van der Waals surface area contributed by atoms with Gasteiger partial charge >= 0.3 is 0 Å². The number of halogens is 3. The molecular weight excluding hydrogens is 319 g/mol. The van der Waals surface area contributed by atoms with Gasteiger partial charge in [0.25, 0.3) is 0 Å². The molecule has 0 bridgehead atoms. The first-order valence-electron chi connectivity index (χ1n) is 9.13. The van der Waals surface area contributed by atoms with E-state index in [4.69, 9.17) is 38.5 Å². The first kappa shape index (κ1) is 10.5. The highest BCUT2D eigenvalue weighted by atomic mass is 35.5. The van der Waals surface area contributed by atoms with E-state index in [1.54, 1.807) is 0 Å². The molecule has 1 aromatic rings. The van der Waals surface area contributed by atoms with Crippen LogP contribution in [0, 0.1) is 0 Å². The summed E-state index contributed by atoms with van der Waals surface area (Å²) in [4.78, 5) is 0. The van der Waals surface area contributed by atoms with Gasteiger partial charge in [-0.05, 0) is 37.9 Å². The minimum Gasteiger partial charge on any atom is -0.396 e. The highest BCUT2D eigenvalue weighted by Gasteiger charge is 2.19. The summed E-state index contributed by atoms with van der Waals surface area (Å²) in [6, 6.07) is 2.83. The van der Waals surface area contributed by atoms with Gasteiger partial charge in [-0.15, -0.1) is 12.4 Å². The lowest BCUT2D eigenvalue weighted by Crippen LogP contribution is -2.41. The van der Waals surface area contributed by atoms with Crippen LogP contribution < -0.4 is 11.1 Å². The fraction of sp³-hybridized carbons (Fsp3) is 0.571. The summed E-state index contributed by atoms with van der Waals surface area (Å²) in [6.07, 6.45) is -7.05. The van der Waals surface area contributed by atoms with Gasteiger partial charge in [-0.1, -0.05) is 36.4 Å². The molecule has 20 heavy (non-hydrogen) atoms. The summed E-state index contributed by atoms with van der Waals surface area (Å²) in [5.74, 6) is 0. The lowest BCUT2D eigenvalue weighted by Gasteiger charge is -2.27. The van der Waals surface area contributed by atoms with E-state index in [1.165, 1.54) is 26.0 Å². The summed E-state index contributed by atoms with van der Waals surface area (Å²) in [7, 11) is 0. The summed E-state index contributed by atoms with van der Waals surface area (Å²) in [5, 5.41) is 13.3. The fourth-order valence-electron chi connectivity index (χ4n) is 1.47. The maximum Gasteiger partial charge on any atom is 0.0915 e. The third-order valence-corrected chi connectivity index (χ3v) is 3.22. The van der Waals surface area contributed by atoms with Crippen molar-refractivity contribution in [3.8, 4) is 0 Å². The number of nitrogens with one attached hydrogen (secondary N) is 1. The van der Waals surface area contributed by atoms with Crippen molar-refractivity contribution >= 4 is 41.3 Å². The number of benzene rings is 1. The monoisotopic (exact) mass is 347 g/mol. The fourth-order valence-corrected chi connectivity index (χ4v) is 1.97. The number of aliphatic hydroxyl groups excluding tert-OH is 1. The number of nitrogen functional groups attached to an aromatic ring is 1. The molecule has 116 valence electrons. The summed E-state index contributed by atoms with van der Waals surface area (Å²) >= 11 is 11.8. The van der Waals surface area contributed by atoms with E-state index in [2.05, 4.69) is 5.32 Å². The van der Waals surface area contributed by atoms with Crippen LogP contribution in [0.4, 0.5) is 5.69 Å². The SMILES string of the molecule is Cl.[2H]C([2H])([2H])C([2H])([2H])C([2H])([2H])C(C)(C)NCC(O)c1cc(Cl)c(N)c(Cl)c1. The Balaban J connectivity index is 0.00000676. The third kappa shape index (κ3) is 5.66. The molecule has 0 spiro atoms. The van der Waals surface area contributed by atoms with Crippen molar-refractivity contribution in [2.75, 3.05) is 12.3 Å². The first-order valence-corrected chi connectivity index (χ1v) is 6.39. The van der Waals surface area contributed by atoms with Crippen LogP contribution in [0.1, 0.15) is 54.7 Å². The van der Waals surface area contributed by atoms with Gasteiger partial charge < -0.3 is 16.2 Å². The van der Waals surface area contributed by atoms with E-state index < -0.39 is 31.2 Å². The molecular formula is C14H23Cl3N2O. The van der Waals surface area contributed by atoms with Crippen LogP contribution >= 0.6 is 35.6 Å². The zero-order valence-corrected chi connectivity index (χ0v) is 13.5. The van der Waals surface area contributed by atoms with Crippen LogP contribution in [-0.4, -0.2) is 17.2 Å². The summed E-state index contributed by atoms with van der Waals surface area (Å²) in [6.45, 7) is -0.704. The third-order valence-electron chi connectivity index (χ3n) is 2.60. The molecule has 0 aliphatic heterocycles. The van der Waals surface area contributed by atoms with Crippen molar-refractivity contribution in [1.29, 1.82) is 0 Å². The van der Waals surface area contributed by atoms with E-state index in [0.717, 1.165) is 0 Å². The van der Waals surface area contributed by atoms with Crippen molar-refractivity contribution < 1.29 is 14.7 Å². The van der Waals surface area contributed by atoms with Gasteiger partial charge in [-0.25, -0.2) is 0 Å². The lowest BCUT2D eigenvalue weighted by molar-refractivity contribution is 0.159. The zero-order chi connectivity index (χ0) is 20.7. The number of anilines is 1. The average Bonchev–Trinajstić information content (AvgIpc) is 2.48. The highest BCUT2D eigenvalue weighted by Crippen LogP contribution is 2.31. The van der Waals surface area contributed by atoms with Gasteiger partial charge in [0.05, 0.1) is 21.8 Å². The van der Waals surface area contributed by atoms with Gasteiger partial charge in [0.1, 0.15) is 0 Å². The zero-order valence-electron chi connectivity index (χ0n) is 18.1. The molecule has 6 heteroatoms. The smallest absolute Gasteiger partial charge is 0.0915 e. The number of β-amino-alcohol motifs (C(OH)–C–C–N with tert-alkyl or cyclic N) is 1. The van der Waals surface area contributed by atoms with E-state index in [0.29, 0.717) is 5.56 Å². The molecule has 0 saturated carbocycles. The lowest BCUT2D eigenvalue weighted by atomic mass is 9.98. The average molecular weight is 349 g/mol. The van der Waals surface area contributed by atoms with Crippen LogP contribution in [0.5, 0.6) is 0 Å². The normalized spacial score (nSPS) is 20.1. The number of hydrogen-bond acceptors (Lipinski definition) is 3. The van der Waals surface area contributed by atoms with Crippen LogP contribution in [0.3, 0.4) is 0 Å². The van der Waals surface area contributed by atoms with Crippen LogP contribution in [0.15, 0.2) is 12.1 Å². The Labute approximate surface area is 147 Å². The van der Waals surface area contributed by atoms with Crippen molar-refractivity contribution in [1.82, 2.24) is 5.32 Å². The Kier molecular flexibility index (Phi) is 4.37. The maximum atomic E-state index is 10.3. The molecule has 0 aliphatic carbocycles. The standard InChI is InChI=1S/C14H22Cl2N2O.ClH/c1-4-5-14(2,3)18-8-12(19)9-6-10(15)13(17)11(16)7-9;/h6-7,12,18-19H,4-5,8,17H2,1-3H3;1H/i1D3,4D2,5D2;. The van der Waals surface area contributed by atoms with Gasteiger partial charge in [0.15, 0.2) is 0 Å². The Morgan fingerprint density at radius 3 is 2.50 bits per heavy atom. The van der Waals surface area contributed by atoms with Crippen LogP contribution in [0.2, 0.25) is 10.0 Å². The molecule has 4 N–H and O–H groups in total. The predicted molar refractivity (Wildman–Crippen MR) is 90.1 cm³/mol. The van der Waals surface area contributed by atoms with Crippen molar-refractivity contribution in [2.45, 2.75) is 45.1 Å². The second kappa shape index (κ2) is 8.30. The van der Waals surface area contributed by atoms with E-state index in [-0.39, 0.29) is 34.7 Å². The molecule has 1 unspecified atom stereocenters. The van der Waals surface area contributed by atoms with Crippen molar-refractivity contribution in [2.24, 2.45) is 0 Å². The quantitative estimate of drug-likeness (QED) is 0.675. The number of nitrogens with two attached hydrogens (primary N) is 1. The molecule has 1 atom stereocenters. The van der Waals surface area contributed by atoms with E-state index >= 15 is 0 Å². The first-order chi connectivity index (χ1) is 11.5. The van der Waals surface area contributed by atoms with Gasteiger partial charge in [0, 0.05) is 21.7 Å². The van der Waals surface area contributed by atoms with E-state index in [9.17, 15) is 5.11 Å². The molecule has 1 aromatic carbocycles. The summed E-state index contributed by atoms with van der Waals surface area (Å²) in [5.41, 5.74) is 4.51.